The van der Waals surface area contributed by atoms with E-state index in [2.05, 4.69) is 14.9 Å². The van der Waals surface area contributed by atoms with Gasteiger partial charge in [0.05, 0.1) is 15.6 Å². The normalized spacial score (nSPS) is 10.2. The highest BCUT2D eigenvalue weighted by atomic mass is 35.5. The van der Waals surface area contributed by atoms with Crippen molar-refractivity contribution >= 4 is 34.2 Å². The molecule has 1 aromatic carbocycles. The standard InChI is InChI=1S/C7HCl2N3O/c8-4-1-3(2-10)5(9)7-6(4)11-13-12-7/h1H. The van der Waals surface area contributed by atoms with Crippen LogP contribution in [-0.4, -0.2) is 10.3 Å². The first-order chi connectivity index (χ1) is 6.24. The van der Waals surface area contributed by atoms with Crippen molar-refractivity contribution < 1.29 is 4.63 Å². The Balaban J connectivity index is 2.95. The highest BCUT2D eigenvalue weighted by molar-refractivity contribution is 6.40. The van der Waals surface area contributed by atoms with E-state index in [4.69, 9.17) is 28.5 Å². The van der Waals surface area contributed by atoms with Crippen LogP contribution >= 0.6 is 23.2 Å². The summed E-state index contributed by atoms with van der Waals surface area (Å²) in [5.41, 5.74) is 0.936. The first-order valence-electron chi connectivity index (χ1n) is 3.24. The van der Waals surface area contributed by atoms with Gasteiger partial charge in [-0.2, -0.15) is 5.26 Å². The Morgan fingerprint density at radius 3 is 2.69 bits per heavy atom. The van der Waals surface area contributed by atoms with Crippen molar-refractivity contribution in [2.45, 2.75) is 0 Å². The van der Waals surface area contributed by atoms with Gasteiger partial charge >= 0.3 is 0 Å². The highest BCUT2D eigenvalue weighted by Crippen LogP contribution is 2.30. The smallest absolute Gasteiger partial charge is 0.156 e. The van der Waals surface area contributed by atoms with Gasteiger partial charge < -0.3 is 0 Å². The highest BCUT2D eigenvalue weighted by Gasteiger charge is 2.13. The number of hydrogen-bond acceptors (Lipinski definition) is 4. The van der Waals surface area contributed by atoms with E-state index in [1.54, 1.807) is 0 Å². The predicted molar refractivity (Wildman–Crippen MR) is 46.5 cm³/mol. The second-order valence-electron chi connectivity index (χ2n) is 2.29. The van der Waals surface area contributed by atoms with Gasteiger partial charge in [-0.1, -0.05) is 23.2 Å². The molecule has 0 bridgehead atoms. The Hall–Kier alpha value is -1.31. The molecule has 4 nitrogen and oxygen atoms in total. The van der Waals surface area contributed by atoms with Crippen LogP contribution < -0.4 is 0 Å². The van der Waals surface area contributed by atoms with E-state index >= 15 is 0 Å². The summed E-state index contributed by atoms with van der Waals surface area (Å²) in [7, 11) is 0. The SMILES string of the molecule is N#Cc1cc(Cl)c2nonc2c1Cl. The quantitative estimate of drug-likeness (QED) is 0.675. The first-order valence-corrected chi connectivity index (χ1v) is 4.00. The van der Waals surface area contributed by atoms with Gasteiger partial charge in [-0.05, 0) is 16.4 Å². The maximum Gasteiger partial charge on any atom is 0.156 e. The van der Waals surface area contributed by atoms with Crippen LogP contribution in [0.3, 0.4) is 0 Å². The van der Waals surface area contributed by atoms with Crippen molar-refractivity contribution in [3.8, 4) is 6.07 Å². The van der Waals surface area contributed by atoms with E-state index in [1.807, 2.05) is 6.07 Å². The Labute approximate surface area is 82.6 Å². The van der Waals surface area contributed by atoms with Gasteiger partial charge in [-0.15, -0.1) is 0 Å². The molecule has 64 valence electrons. The van der Waals surface area contributed by atoms with E-state index in [-0.39, 0.29) is 10.6 Å². The first kappa shape index (κ1) is 8.30. The summed E-state index contributed by atoms with van der Waals surface area (Å²) >= 11 is 11.6. The van der Waals surface area contributed by atoms with Crippen molar-refractivity contribution in [2.24, 2.45) is 0 Å². The molecule has 0 aliphatic heterocycles. The molecular weight excluding hydrogens is 213 g/mol. The zero-order valence-electron chi connectivity index (χ0n) is 6.08. The lowest BCUT2D eigenvalue weighted by Crippen LogP contribution is -1.81. The van der Waals surface area contributed by atoms with Crippen LogP contribution in [0.15, 0.2) is 10.7 Å². The monoisotopic (exact) mass is 213 g/mol. The van der Waals surface area contributed by atoms with Gasteiger partial charge in [0.2, 0.25) is 0 Å². The third kappa shape index (κ3) is 1.13. The van der Waals surface area contributed by atoms with Crippen molar-refractivity contribution in [1.82, 2.24) is 10.3 Å². The van der Waals surface area contributed by atoms with Crippen molar-refractivity contribution in [1.29, 1.82) is 5.26 Å². The Morgan fingerprint density at radius 1 is 1.31 bits per heavy atom. The van der Waals surface area contributed by atoms with E-state index < -0.39 is 0 Å². The molecule has 0 saturated carbocycles. The van der Waals surface area contributed by atoms with Crippen LogP contribution in [0.4, 0.5) is 0 Å². The Morgan fingerprint density at radius 2 is 2.00 bits per heavy atom. The van der Waals surface area contributed by atoms with Crippen molar-refractivity contribution in [3.63, 3.8) is 0 Å². The third-order valence-electron chi connectivity index (χ3n) is 1.55. The number of nitriles is 1. The van der Waals surface area contributed by atoms with Gasteiger partial charge in [-0.25, -0.2) is 4.63 Å². The molecule has 2 aromatic rings. The molecule has 0 amide bonds. The molecule has 0 spiro atoms. The van der Waals surface area contributed by atoms with E-state index in [1.165, 1.54) is 6.07 Å². The molecule has 0 N–H and O–H groups in total. The average Bonchev–Trinajstić information content (AvgIpc) is 2.60. The molecule has 0 unspecified atom stereocenters. The van der Waals surface area contributed by atoms with Crippen LogP contribution in [0.2, 0.25) is 10.0 Å². The minimum Gasteiger partial charge on any atom is -0.243 e. The number of aromatic nitrogens is 2. The summed E-state index contributed by atoms with van der Waals surface area (Å²) < 4.78 is 4.45. The number of halogens is 2. The zero-order chi connectivity index (χ0) is 9.42. The van der Waals surface area contributed by atoms with Gasteiger partial charge in [0.25, 0.3) is 0 Å². The predicted octanol–water partition coefficient (Wildman–Crippen LogP) is 2.40. The molecule has 0 saturated heterocycles. The lowest BCUT2D eigenvalue weighted by molar-refractivity contribution is 0.315. The fourth-order valence-electron chi connectivity index (χ4n) is 0.957. The molecule has 13 heavy (non-hydrogen) atoms. The molecule has 2 rings (SSSR count). The number of rotatable bonds is 0. The summed E-state index contributed by atoms with van der Waals surface area (Å²) in [4.78, 5) is 0. The molecular formula is C7HCl2N3O. The van der Waals surface area contributed by atoms with E-state index in [9.17, 15) is 0 Å². The summed E-state index contributed by atoms with van der Waals surface area (Å²) in [6.45, 7) is 0. The number of hydrogen-bond donors (Lipinski definition) is 0. The molecule has 1 aromatic heterocycles. The maximum atomic E-state index is 8.67. The van der Waals surface area contributed by atoms with Crippen LogP contribution in [0.25, 0.3) is 11.0 Å². The average molecular weight is 214 g/mol. The summed E-state index contributed by atoms with van der Waals surface area (Å²) in [5, 5.41) is 16.3. The largest absolute Gasteiger partial charge is 0.243 e. The Bertz CT molecular complexity index is 514. The van der Waals surface area contributed by atoms with E-state index in [0.29, 0.717) is 16.1 Å². The molecule has 0 aliphatic carbocycles. The fourth-order valence-corrected chi connectivity index (χ4v) is 1.41. The lowest BCUT2D eigenvalue weighted by atomic mass is 10.2. The van der Waals surface area contributed by atoms with Gasteiger partial charge in [0, 0.05) is 0 Å². The third-order valence-corrected chi connectivity index (χ3v) is 2.22. The van der Waals surface area contributed by atoms with Crippen LogP contribution in [0.1, 0.15) is 5.56 Å². The fraction of sp³-hybridized carbons (Fsp3) is 0. The van der Waals surface area contributed by atoms with Gasteiger partial charge in [0.15, 0.2) is 11.0 Å². The molecule has 0 radical (unpaired) electrons. The number of fused-ring (bicyclic) bond motifs is 1. The summed E-state index contributed by atoms with van der Waals surface area (Å²) in [5.74, 6) is 0. The minimum atomic E-state index is 0.211. The summed E-state index contributed by atoms with van der Waals surface area (Å²) in [6.07, 6.45) is 0. The maximum absolute atomic E-state index is 8.67. The zero-order valence-corrected chi connectivity index (χ0v) is 7.60. The summed E-state index contributed by atoms with van der Waals surface area (Å²) in [6, 6.07) is 3.32. The second-order valence-corrected chi connectivity index (χ2v) is 3.08. The van der Waals surface area contributed by atoms with Gasteiger partial charge in [-0.3, -0.25) is 0 Å². The molecule has 6 heteroatoms. The topological polar surface area (TPSA) is 62.7 Å². The van der Waals surface area contributed by atoms with Crippen molar-refractivity contribution in [2.75, 3.05) is 0 Å². The number of nitrogens with zero attached hydrogens (tertiary/aromatic N) is 3. The molecule has 0 aliphatic rings. The minimum absolute atomic E-state index is 0.211. The number of benzene rings is 1. The Kier molecular flexibility index (Phi) is 1.83. The van der Waals surface area contributed by atoms with Gasteiger partial charge in [0.1, 0.15) is 6.07 Å². The van der Waals surface area contributed by atoms with Crippen molar-refractivity contribution in [3.05, 3.63) is 21.7 Å². The molecule has 1 heterocycles. The van der Waals surface area contributed by atoms with Crippen LogP contribution in [0.5, 0.6) is 0 Å². The van der Waals surface area contributed by atoms with Crippen LogP contribution in [0, 0.1) is 11.3 Å². The lowest BCUT2D eigenvalue weighted by Gasteiger charge is -1.94. The molecule has 0 fully saturated rings. The molecule has 0 atom stereocenters. The van der Waals surface area contributed by atoms with E-state index in [0.717, 1.165) is 0 Å². The second kappa shape index (κ2) is 2.87. The van der Waals surface area contributed by atoms with Crippen LogP contribution in [-0.2, 0) is 0 Å².